The number of aryl methyl sites for hydroxylation is 1. The van der Waals surface area contributed by atoms with Crippen LogP contribution in [0, 0.1) is 23.1 Å². The molecule has 2 aromatic rings. The summed E-state index contributed by atoms with van der Waals surface area (Å²) in [5, 5.41) is 9.39. The Morgan fingerprint density at radius 3 is 2.64 bits per heavy atom. The monoisotopic (exact) mass is 555 g/mol. The summed E-state index contributed by atoms with van der Waals surface area (Å²) in [4.78, 5) is 13.1. The van der Waals surface area contributed by atoms with Crippen LogP contribution in [0.3, 0.4) is 0 Å². The maximum atomic E-state index is 13.4. The number of rotatable bonds is 12. The second-order valence-corrected chi connectivity index (χ2v) is 9.28. The Hall–Kier alpha value is -2.52. The molecule has 172 valence electrons. The van der Waals surface area contributed by atoms with E-state index in [1.807, 2.05) is 43.3 Å². The molecule has 0 aliphatic rings. The Morgan fingerprint density at radius 2 is 1.94 bits per heavy atom. The van der Waals surface area contributed by atoms with Gasteiger partial charge in [-0.1, -0.05) is 78.6 Å². The molecule has 0 radical (unpaired) electrons. The van der Waals surface area contributed by atoms with E-state index in [9.17, 15) is 14.4 Å². The van der Waals surface area contributed by atoms with Gasteiger partial charge in [0.25, 0.3) is 0 Å². The third-order valence-corrected chi connectivity index (χ3v) is 7.12. The standard InChI is InChI=1S/C29H31FINO/c1-21(19-31)14-17-29(33)28(16-15-23(3)27-13-5-4-11-25(27)20-32)22(2)8-6-9-24-10-7-12-26(30)18-24/h4-5,7,10-13,15-16,18,21H,2,6,8-9,14,17,19H2,1,3H3/b23-15+,28-16+/t21-/m0/s1. The van der Waals surface area contributed by atoms with Crippen LogP contribution in [0.25, 0.3) is 5.57 Å². The first-order valence-corrected chi connectivity index (χ1v) is 12.8. The van der Waals surface area contributed by atoms with Crippen molar-refractivity contribution < 1.29 is 9.18 Å². The summed E-state index contributed by atoms with van der Waals surface area (Å²) in [6, 6.07) is 16.3. The Kier molecular flexibility index (Phi) is 11.3. The number of nitriles is 1. The number of ketones is 1. The van der Waals surface area contributed by atoms with E-state index in [-0.39, 0.29) is 11.6 Å². The topological polar surface area (TPSA) is 40.9 Å². The molecule has 2 nitrogen and oxygen atoms in total. The highest BCUT2D eigenvalue weighted by molar-refractivity contribution is 14.1. The number of halogens is 2. The van der Waals surface area contributed by atoms with Crippen LogP contribution in [0.5, 0.6) is 0 Å². The lowest BCUT2D eigenvalue weighted by atomic mass is 9.92. The third-order valence-electron chi connectivity index (χ3n) is 5.61. The predicted molar refractivity (Wildman–Crippen MR) is 144 cm³/mol. The lowest BCUT2D eigenvalue weighted by Crippen LogP contribution is -2.08. The van der Waals surface area contributed by atoms with Crippen molar-refractivity contribution in [2.24, 2.45) is 5.92 Å². The average Bonchev–Trinajstić information content (AvgIpc) is 2.82. The van der Waals surface area contributed by atoms with Crippen LogP contribution in [0.15, 0.2) is 78.4 Å². The van der Waals surface area contributed by atoms with Crippen LogP contribution in [-0.4, -0.2) is 10.2 Å². The maximum Gasteiger partial charge on any atom is 0.163 e. The van der Waals surface area contributed by atoms with E-state index in [2.05, 4.69) is 42.2 Å². The van der Waals surface area contributed by atoms with Gasteiger partial charge in [0.2, 0.25) is 0 Å². The molecule has 0 bridgehead atoms. The zero-order valence-corrected chi connectivity index (χ0v) is 21.6. The Morgan fingerprint density at radius 1 is 1.18 bits per heavy atom. The Bertz CT molecular complexity index is 1080. The van der Waals surface area contributed by atoms with Gasteiger partial charge in [-0.3, -0.25) is 4.79 Å². The van der Waals surface area contributed by atoms with Gasteiger partial charge in [0, 0.05) is 16.4 Å². The van der Waals surface area contributed by atoms with Gasteiger partial charge in [-0.15, -0.1) is 0 Å². The van der Waals surface area contributed by atoms with Crippen molar-refractivity contribution in [1.82, 2.24) is 0 Å². The molecule has 0 amide bonds. The molecule has 0 fully saturated rings. The van der Waals surface area contributed by atoms with Crippen molar-refractivity contribution in [2.45, 2.75) is 46.0 Å². The molecular weight excluding hydrogens is 524 g/mol. The van der Waals surface area contributed by atoms with E-state index >= 15 is 0 Å². The van der Waals surface area contributed by atoms with Crippen molar-refractivity contribution >= 4 is 33.9 Å². The molecule has 2 aromatic carbocycles. The molecule has 0 heterocycles. The number of Topliss-reactive ketones (excluding diaryl/α,β-unsaturated/α-hetero) is 1. The van der Waals surface area contributed by atoms with Gasteiger partial charge in [0.1, 0.15) is 5.82 Å². The van der Waals surface area contributed by atoms with Gasteiger partial charge >= 0.3 is 0 Å². The van der Waals surface area contributed by atoms with E-state index in [0.29, 0.717) is 29.9 Å². The molecule has 2 rings (SSSR count). The summed E-state index contributed by atoms with van der Waals surface area (Å²) in [6.07, 6.45) is 7.27. The largest absolute Gasteiger partial charge is 0.294 e. The SMILES string of the molecule is C=C(CCCc1cccc(F)c1)/C(=C\C=C(/C)c1ccccc1C#N)C(=O)CC[C@H](C)CI. The van der Waals surface area contributed by atoms with Gasteiger partial charge in [-0.25, -0.2) is 4.39 Å². The average molecular weight is 555 g/mol. The predicted octanol–water partition coefficient (Wildman–Crippen LogP) is 8.03. The Labute approximate surface area is 211 Å². The van der Waals surface area contributed by atoms with Crippen LogP contribution in [-0.2, 0) is 11.2 Å². The minimum Gasteiger partial charge on any atom is -0.294 e. The zero-order chi connectivity index (χ0) is 24.2. The smallest absolute Gasteiger partial charge is 0.163 e. The molecule has 0 aliphatic carbocycles. The summed E-state index contributed by atoms with van der Waals surface area (Å²) >= 11 is 2.35. The normalized spacial score (nSPS) is 12.8. The fourth-order valence-corrected chi connectivity index (χ4v) is 3.99. The van der Waals surface area contributed by atoms with Gasteiger partial charge < -0.3 is 0 Å². The lowest BCUT2D eigenvalue weighted by Gasteiger charge is -2.12. The first-order chi connectivity index (χ1) is 15.8. The zero-order valence-electron chi connectivity index (χ0n) is 19.4. The highest BCUT2D eigenvalue weighted by Gasteiger charge is 2.14. The number of benzene rings is 2. The second-order valence-electron chi connectivity index (χ2n) is 8.40. The first-order valence-electron chi connectivity index (χ1n) is 11.3. The van der Waals surface area contributed by atoms with Crippen molar-refractivity contribution in [3.05, 3.63) is 101 Å². The van der Waals surface area contributed by atoms with Crippen LogP contribution < -0.4 is 0 Å². The van der Waals surface area contributed by atoms with Gasteiger partial charge in [-0.2, -0.15) is 5.26 Å². The highest BCUT2D eigenvalue weighted by Crippen LogP contribution is 2.23. The molecule has 0 saturated carbocycles. The molecule has 1 atom stereocenters. The number of allylic oxidation sites excluding steroid dienone is 5. The number of hydrogen-bond donors (Lipinski definition) is 0. The number of hydrogen-bond acceptors (Lipinski definition) is 2. The van der Waals surface area contributed by atoms with Gasteiger partial charge in [0.15, 0.2) is 5.78 Å². The minimum atomic E-state index is -0.232. The highest BCUT2D eigenvalue weighted by atomic mass is 127. The number of nitrogens with zero attached hydrogens (tertiary/aromatic N) is 1. The molecular formula is C29H31FINO. The van der Waals surface area contributed by atoms with Crippen LogP contribution in [0.1, 0.15) is 56.2 Å². The molecule has 33 heavy (non-hydrogen) atoms. The first kappa shape index (κ1) is 26.7. The van der Waals surface area contributed by atoms with Crippen LogP contribution in [0.4, 0.5) is 4.39 Å². The molecule has 0 aliphatic heterocycles. The van der Waals surface area contributed by atoms with Crippen molar-refractivity contribution in [1.29, 1.82) is 5.26 Å². The maximum absolute atomic E-state index is 13.4. The minimum absolute atomic E-state index is 0.0973. The van der Waals surface area contributed by atoms with E-state index in [1.165, 1.54) is 6.07 Å². The van der Waals surface area contributed by atoms with Crippen molar-refractivity contribution in [3.63, 3.8) is 0 Å². The van der Waals surface area contributed by atoms with Crippen molar-refractivity contribution in [3.8, 4) is 6.07 Å². The third kappa shape index (κ3) is 8.74. The number of alkyl halides is 1. The summed E-state index contributed by atoms with van der Waals surface area (Å²) in [5.41, 5.74) is 4.78. The number of carbonyl (C=O) groups is 1. The summed E-state index contributed by atoms with van der Waals surface area (Å²) < 4.78 is 14.5. The summed E-state index contributed by atoms with van der Waals surface area (Å²) in [6.45, 7) is 8.31. The van der Waals surface area contributed by atoms with Gasteiger partial charge in [-0.05, 0) is 79.0 Å². The fraction of sp³-hybridized carbons (Fsp3) is 0.310. The Balaban J connectivity index is 2.20. The quantitative estimate of drug-likeness (QED) is 0.115. The lowest BCUT2D eigenvalue weighted by molar-refractivity contribution is -0.115. The van der Waals surface area contributed by atoms with Crippen LogP contribution in [0.2, 0.25) is 0 Å². The molecule has 0 N–H and O–H groups in total. The molecule has 4 heteroatoms. The van der Waals surface area contributed by atoms with E-state index in [1.54, 1.807) is 18.2 Å². The van der Waals surface area contributed by atoms with E-state index < -0.39 is 0 Å². The van der Waals surface area contributed by atoms with E-state index in [4.69, 9.17) is 0 Å². The summed E-state index contributed by atoms with van der Waals surface area (Å²) in [7, 11) is 0. The summed E-state index contributed by atoms with van der Waals surface area (Å²) in [5.74, 6) is 0.349. The van der Waals surface area contributed by atoms with Crippen molar-refractivity contribution in [2.75, 3.05) is 4.43 Å². The molecule has 0 aromatic heterocycles. The van der Waals surface area contributed by atoms with E-state index in [0.717, 1.165) is 46.0 Å². The molecule has 0 spiro atoms. The molecule has 0 saturated heterocycles. The second kappa shape index (κ2) is 13.9. The van der Waals surface area contributed by atoms with Gasteiger partial charge in [0.05, 0.1) is 11.6 Å². The molecule has 0 unspecified atom stereocenters. The van der Waals surface area contributed by atoms with Crippen LogP contribution >= 0.6 is 22.6 Å². The number of carbonyl (C=O) groups excluding carboxylic acids is 1. The fourth-order valence-electron chi connectivity index (χ4n) is 3.55.